The SMILES string of the molecule is OCC1CCCN(Cc2csc(-c3ccc(F)cc3)n2)C1. The van der Waals surface area contributed by atoms with E-state index >= 15 is 0 Å². The molecule has 3 nitrogen and oxygen atoms in total. The summed E-state index contributed by atoms with van der Waals surface area (Å²) in [5.41, 5.74) is 2.01. The van der Waals surface area contributed by atoms with E-state index in [2.05, 4.69) is 15.3 Å². The molecule has 1 aromatic heterocycles. The maximum Gasteiger partial charge on any atom is 0.123 e. The summed E-state index contributed by atoms with van der Waals surface area (Å²) in [5.74, 6) is 0.174. The Morgan fingerprint density at radius 2 is 2.14 bits per heavy atom. The lowest BCUT2D eigenvalue weighted by Gasteiger charge is -2.31. The van der Waals surface area contributed by atoms with Crippen LogP contribution in [0.2, 0.25) is 0 Å². The van der Waals surface area contributed by atoms with Crippen LogP contribution in [0.1, 0.15) is 18.5 Å². The molecule has 1 fully saturated rings. The van der Waals surface area contributed by atoms with E-state index in [4.69, 9.17) is 0 Å². The van der Waals surface area contributed by atoms with E-state index in [0.717, 1.165) is 48.7 Å². The summed E-state index contributed by atoms with van der Waals surface area (Å²) in [6.07, 6.45) is 2.26. The number of aliphatic hydroxyl groups is 1. The van der Waals surface area contributed by atoms with Gasteiger partial charge < -0.3 is 5.11 Å². The largest absolute Gasteiger partial charge is 0.396 e. The number of nitrogens with zero attached hydrogens (tertiary/aromatic N) is 2. The van der Waals surface area contributed by atoms with Gasteiger partial charge in [-0.15, -0.1) is 11.3 Å². The van der Waals surface area contributed by atoms with Crippen molar-refractivity contribution in [2.75, 3.05) is 19.7 Å². The van der Waals surface area contributed by atoms with Gasteiger partial charge in [0.1, 0.15) is 10.8 Å². The van der Waals surface area contributed by atoms with Gasteiger partial charge in [0.25, 0.3) is 0 Å². The van der Waals surface area contributed by atoms with E-state index < -0.39 is 0 Å². The molecule has 0 aliphatic carbocycles. The Kier molecular flexibility index (Phi) is 4.63. The number of benzene rings is 1. The third kappa shape index (κ3) is 3.67. The Morgan fingerprint density at radius 1 is 1.33 bits per heavy atom. The van der Waals surface area contributed by atoms with Gasteiger partial charge in [0.15, 0.2) is 0 Å². The lowest BCUT2D eigenvalue weighted by atomic mass is 9.99. The van der Waals surface area contributed by atoms with Gasteiger partial charge in [-0.3, -0.25) is 4.90 Å². The first kappa shape index (κ1) is 14.6. The Morgan fingerprint density at radius 3 is 2.90 bits per heavy atom. The molecule has 1 aliphatic rings. The van der Waals surface area contributed by atoms with Crippen molar-refractivity contribution < 1.29 is 9.50 Å². The van der Waals surface area contributed by atoms with Crippen LogP contribution in [-0.4, -0.2) is 34.7 Å². The van der Waals surface area contributed by atoms with Crippen molar-refractivity contribution in [2.24, 2.45) is 5.92 Å². The second kappa shape index (κ2) is 6.64. The minimum absolute atomic E-state index is 0.223. The predicted molar refractivity (Wildman–Crippen MR) is 82.6 cm³/mol. The molecule has 0 spiro atoms. The Hall–Kier alpha value is -1.30. The van der Waals surface area contributed by atoms with Gasteiger partial charge in [0.2, 0.25) is 0 Å². The monoisotopic (exact) mass is 306 g/mol. The summed E-state index contributed by atoms with van der Waals surface area (Å²) >= 11 is 1.59. The van der Waals surface area contributed by atoms with E-state index in [1.807, 2.05) is 0 Å². The van der Waals surface area contributed by atoms with Crippen LogP contribution in [0.25, 0.3) is 10.6 Å². The van der Waals surface area contributed by atoms with Crippen molar-refractivity contribution >= 4 is 11.3 Å². The van der Waals surface area contributed by atoms with Crippen LogP contribution >= 0.6 is 11.3 Å². The molecule has 112 valence electrons. The van der Waals surface area contributed by atoms with Crippen LogP contribution < -0.4 is 0 Å². The van der Waals surface area contributed by atoms with E-state index in [-0.39, 0.29) is 12.4 Å². The van der Waals surface area contributed by atoms with E-state index in [9.17, 15) is 9.50 Å². The number of piperidine rings is 1. The molecular weight excluding hydrogens is 287 g/mol. The molecule has 5 heteroatoms. The molecule has 1 aliphatic heterocycles. The van der Waals surface area contributed by atoms with Crippen molar-refractivity contribution in [2.45, 2.75) is 19.4 Å². The fourth-order valence-electron chi connectivity index (χ4n) is 2.78. The summed E-state index contributed by atoms with van der Waals surface area (Å²) in [6.45, 7) is 3.11. The molecule has 1 unspecified atom stereocenters. The zero-order chi connectivity index (χ0) is 14.7. The van der Waals surface area contributed by atoms with Gasteiger partial charge >= 0.3 is 0 Å². The van der Waals surface area contributed by atoms with Crippen LogP contribution in [0.15, 0.2) is 29.6 Å². The van der Waals surface area contributed by atoms with Crippen molar-refractivity contribution in [3.8, 4) is 10.6 Å². The third-order valence-corrected chi connectivity index (χ3v) is 4.83. The second-order valence-corrected chi connectivity index (χ2v) is 6.43. The molecule has 3 rings (SSSR count). The fraction of sp³-hybridized carbons (Fsp3) is 0.438. The summed E-state index contributed by atoms with van der Waals surface area (Å²) in [7, 11) is 0. The molecule has 1 saturated heterocycles. The van der Waals surface area contributed by atoms with Gasteiger partial charge in [-0.25, -0.2) is 9.37 Å². The zero-order valence-electron chi connectivity index (χ0n) is 11.8. The van der Waals surface area contributed by atoms with Crippen molar-refractivity contribution in [3.05, 3.63) is 41.2 Å². The average Bonchev–Trinajstić information content (AvgIpc) is 2.96. The topological polar surface area (TPSA) is 36.4 Å². The standard InChI is InChI=1S/C16H19FN2OS/c17-14-5-3-13(4-6-14)16-18-15(11-21-16)9-19-7-1-2-12(8-19)10-20/h3-6,11-12,20H,1-2,7-10H2. The van der Waals surface area contributed by atoms with Crippen molar-refractivity contribution in [3.63, 3.8) is 0 Å². The Bertz CT molecular complexity index is 584. The number of aromatic nitrogens is 1. The van der Waals surface area contributed by atoms with Crippen LogP contribution in [0.3, 0.4) is 0 Å². The number of hydrogen-bond donors (Lipinski definition) is 1. The molecule has 2 heterocycles. The Balaban J connectivity index is 1.66. The highest BCUT2D eigenvalue weighted by Gasteiger charge is 2.20. The number of aliphatic hydroxyl groups excluding tert-OH is 1. The van der Waals surface area contributed by atoms with E-state index in [0.29, 0.717) is 5.92 Å². The highest BCUT2D eigenvalue weighted by molar-refractivity contribution is 7.13. The molecule has 1 aromatic carbocycles. The Labute approximate surface area is 128 Å². The molecular formula is C16H19FN2OS. The zero-order valence-corrected chi connectivity index (χ0v) is 12.7. The second-order valence-electron chi connectivity index (χ2n) is 5.58. The number of hydrogen-bond acceptors (Lipinski definition) is 4. The van der Waals surface area contributed by atoms with Gasteiger partial charge in [0.05, 0.1) is 5.69 Å². The van der Waals surface area contributed by atoms with Crippen molar-refractivity contribution in [1.82, 2.24) is 9.88 Å². The minimum atomic E-state index is -0.223. The summed E-state index contributed by atoms with van der Waals surface area (Å²) in [6, 6.07) is 6.46. The highest BCUT2D eigenvalue weighted by atomic mass is 32.1. The van der Waals surface area contributed by atoms with Gasteiger partial charge in [-0.05, 0) is 49.6 Å². The lowest BCUT2D eigenvalue weighted by molar-refractivity contribution is 0.115. The number of thiazole rings is 1. The van der Waals surface area contributed by atoms with E-state index in [1.54, 1.807) is 23.5 Å². The maximum absolute atomic E-state index is 12.9. The van der Waals surface area contributed by atoms with Crippen LogP contribution in [-0.2, 0) is 6.54 Å². The van der Waals surface area contributed by atoms with Gasteiger partial charge in [0, 0.05) is 30.6 Å². The first-order valence-corrected chi connectivity index (χ1v) is 8.16. The summed E-state index contributed by atoms with van der Waals surface area (Å²) in [4.78, 5) is 7.00. The summed E-state index contributed by atoms with van der Waals surface area (Å²) in [5, 5.41) is 12.3. The van der Waals surface area contributed by atoms with Crippen molar-refractivity contribution in [1.29, 1.82) is 0 Å². The van der Waals surface area contributed by atoms with Crippen LogP contribution in [0, 0.1) is 11.7 Å². The predicted octanol–water partition coefficient (Wildman–Crippen LogP) is 3.15. The van der Waals surface area contributed by atoms with Crippen LogP contribution in [0.5, 0.6) is 0 Å². The van der Waals surface area contributed by atoms with Crippen LogP contribution in [0.4, 0.5) is 4.39 Å². The number of halogens is 1. The highest BCUT2D eigenvalue weighted by Crippen LogP contribution is 2.25. The molecule has 2 aromatic rings. The first-order valence-electron chi connectivity index (χ1n) is 7.28. The molecule has 1 N–H and O–H groups in total. The average molecular weight is 306 g/mol. The summed E-state index contributed by atoms with van der Waals surface area (Å²) < 4.78 is 12.9. The van der Waals surface area contributed by atoms with Gasteiger partial charge in [-0.2, -0.15) is 0 Å². The maximum atomic E-state index is 12.9. The molecule has 0 saturated carbocycles. The molecule has 0 bridgehead atoms. The first-order chi connectivity index (χ1) is 10.2. The molecule has 0 radical (unpaired) electrons. The molecule has 21 heavy (non-hydrogen) atoms. The van der Waals surface area contributed by atoms with Gasteiger partial charge in [-0.1, -0.05) is 0 Å². The third-order valence-electron chi connectivity index (χ3n) is 3.89. The van der Waals surface area contributed by atoms with E-state index in [1.165, 1.54) is 12.1 Å². The number of likely N-dealkylation sites (tertiary alicyclic amines) is 1. The lowest BCUT2D eigenvalue weighted by Crippen LogP contribution is -2.36. The quantitative estimate of drug-likeness (QED) is 0.942. The number of rotatable bonds is 4. The molecule has 1 atom stereocenters. The molecule has 0 amide bonds. The fourth-order valence-corrected chi connectivity index (χ4v) is 3.59. The normalized spacial score (nSPS) is 19.8. The smallest absolute Gasteiger partial charge is 0.123 e. The minimum Gasteiger partial charge on any atom is -0.396 e.